The molecule has 0 aliphatic carbocycles. The van der Waals surface area contributed by atoms with Crippen molar-refractivity contribution in [3.05, 3.63) is 33.4 Å². The van der Waals surface area contributed by atoms with Gasteiger partial charge in [0.15, 0.2) is 5.75 Å². The van der Waals surface area contributed by atoms with Crippen molar-refractivity contribution in [2.75, 3.05) is 12.4 Å². The van der Waals surface area contributed by atoms with E-state index in [1.54, 1.807) is 33.8 Å². The summed E-state index contributed by atoms with van der Waals surface area (Å²) in [5, 5.41) is 16.1. The smallest absolute Gasteiger partial charge is 0.311 e. The zero-order chi connectivity index (χ0) is 16.4. The third-order valence-electron chi connectivity index (χ3n) is 2.80. The highest BCUT2D eigenvalue weighted by Gasteiger charge is 2.27. The van der Waals surface area contributed by atoms with Crippen molar-refractivity contribution in [3.63, 3.8) is 0 Å². The van der Waals surface area contributed by atoms with Gasteiger partial charge >= 0.3 is 5.69 Å². The fourth-order valence-electron chi connectivity index (χ4n) is 2.11. The predicted octanol–water partition coefficient (Wildman–Crippen LogP) is 1.91. The Morgan fingerprint density at radius 1 is 1.33 bits per heavy atom. The molecule has 8 heteroatoms. The molecule has 0 saturated carbocycles. The van der Waals surface area contributed by atoms with Gasteiger partial charge in [-0.15, -0.1) is 0 Å². The zero-order valence-electron chi connectivity index (χ0n) is 12.5. The van der Waals surface area contributed by atoms with E-state index in [1.165, 1.54) is 6.07 Å². The first-order valence-electron chi connectivity index (χ1n) is 6.30. The van der Waals surface area contributed by atoms with E-state index < -0.39 is 20.4 Å². The third-order valence-corrected chi connectivity index (χ3v) is 3.98. The number of hydrogen-bond donors (Lipinski definition) is 1. The van der Waals surface area contributed by atoms with E-state index in [1.807, 2.05) is 0 Å². The maximum atomic E-state index is 11.2. The molecule has 1 rings (SSSR count). The molecule has 0 aliphatic heterocycles. The maximum Gasteiger partial charge on any atom is 0.311 e. The number of primary sulfonamides is 1. The highest BCUT2D eigenvalue weighted by Crippen LogP contribution is 2.33. The molecule has 0 unspecified atom stereocenters. The monoisotopic (exact) mass is 316 g/mol. The number of nitrogens with zero attached hydrogens (tertiary/aromatic N) is 1. The summed E-state index contributed by atoms with van der Waals surface area (Å²) in [5.74, 6) is -0.105. The molecule has 1 aromatic rings. The first-order valence-corrected chi connectivity index (χ1v) is 8.02. The van der Waals surface area contributed by atoms with Crippen LogP contribution in [-0.2, 0) is 10.0 Å². The van der Waals surface area contributed by atoms with Gasteiger partial charge in [-0.25, -0.2) is 13.6 Å². The summed E-state index contributed by atoms with van der Waals surface area (Å²) in [7, 11) is -3.64. The molecule has 0 radical (unpaired) electrons. The molecule has 0 aromatic heterocycles. The van der Waals surface area contributed by atoms with Crippen molar-refractivity contribution in [2.24, 2.45) is 10.6 Å². The number of nitro groups is 1. The minimum Gasteiger partial charge on any atom is -0.486 e. The molecule has 0 heterocycles. The standard InChI is InChI=1S/C13H20N2O5S/c1-9-5-10(2)12(11(6-9)15(16)17)20-7-13(3,4)8-21(14,18)19/h5-6H,7-8H2,1-4H3,(H2,14,18,19). The Hall–Kier alpha value is -1.67. The molecular weight excluding hydrogens is 296 g/mol. The van der Waals surface area contributed by atoms with Crippen LogP contribution >= 0.6 is 0 Å². The molecule has 0 bridgehead atoms. The summed E-state index contributed by atoms with van der Waals surface area (Å²) in [5.41, 5.74) is 0.515. The number of sulfonamides is 1. The minimum atomic E-state index is -3.64. The van der Waals surface area contributed by atoms with Gasteiger partial charge in [-0.3, -0.25) is 10.1 Å². The van der Waals surface area contributed by atoms with Crippen LogP contribution in [-0.4, -0.2) is 25.7 Å². The lowest BCUT2D eigenvalue weighted by molar-refractivity contribution is -0.386. The van der Waals surface area contributed by atoms with Crippen LogP contribution in [0.3, 0.4) is 0 Å². The zero-order valence-corrected chi connectivity index (χ0v) is 13.4. The van der Waals surface area contributed by atoms with Crippen LogP contribution in [0.15, 0.2) is 12.1 Å². The number of nitrogens with two attached hydrogens (primary N) is 1. The molecule has 0 amide bonds. The summed E-state index contributed by atoms with van der Waals surface area (Å²) in [6, 6.07) is 3.20. The lowest BCUT2D eigenvalue weighted by atomic mass is 9.98. The fourth-order valence-corrected chi connectivity index (χ4v) is 3.28. The van der Waals surface area contributed by atoms with Gasteiger partial charge in [-0.2, -0.15) is 0 Å². The summed E-state index contributed by atoms with van der Waals surface area (Å²) in [6.45, 7) is 6.82. The van der Waals surface area contributed by atoms with Gasteiger partial charge in [0.2, 0.25) is 10.0 Å². The molecule has 0 saturated heterocycles. The molecule has 2 N–H and O–H groups in total. The van der Waals surface area contributed by atoms with Crippen molar-refractivity contribution < 1.29 is 18.1 Å². The van der Waals surface area contributed by atoms with E-state index in [2.05, 4.69) is 0 Å². The second-order valence-electron chi connectivity index (χ2n) is 5.95. The molecule has 0 fully saturated rings. The van der Waals surface area contributed by atoms with E-state index in [4.69, 9.17) is 9.88 Å². The first-order chi connectivity index (χ1) is 9.41. The number of rotatable bonds is 6. The maximum absolute atomic E-state index is 11.2. The summed E-state index contributed by atoms with van der Waals surface area (Å²) < 4.78 is 27.9. The highest BCUT2D eigenvalue weighted by atomic mass is 32.2. The minimum absolute atomic E-state index is 0.00811. The molecule has 7 nitrogen and oxygen atoms in total. The summed E-state index contributed by atoms with van der Waals surface area (Å²) in [6.07, 6.45) is 0. The van der Waals surface area contributed by atoms with Gasteiger partial charge < -0.3 is 4.74 Å². The molecule has 0 aliphatic rings. The summed E-state index contributed by atoms with van der Waals surface area (Å²) in [4.78, 5) is 10.6. The largest absolute Gasteiger partial charge is 0.486 e. The number of ether oxygens (including phenoxy) is 1. The van der Waals surface area contributed by atoms with E-state index in [9.17, 15) is 18.5 Å². The van der Waals surface area contributed by atoms with Crippen molar-refractivity contribution in [1.29, 1.82) is 0 Å². The fraction of sp³-hybridized carbons (Fsp3) is 0.538. The number of benzene rings is 1. The van der Waals surface area contributed by atoms with Crippen LogP contribution in [0, 0.1) is 29.4 Å². The van der Waals surface area contributed by atoms with Crippen LogP contribution in [0.25, 0.3) is 0 Å². The number of aryl methyl sites for hydroxylation is 2. The number of hydrogen-bond acceptors (Lipinski definition) is 5. The van der Waals surface area contributed by atoms with Gasteiger partial charge in [0, 0.05) is 11.5 Å². The van der Waals surface area contributed by atoms with Crippen LogP contribution in [0.4, 0.5) is 5.69 Å². The van der Waals surface area contributed by atoms with Crippen molar-refractivity contribution >= 4 is 15.7 Å². The third kappa shape index (κ3) is 5.31. The average Bonchev–Trinajstić information content (AvgIpc) is 2.23. The van der Waals surface area contributed by atoms with E-state index in [-0.39, 0.29) is 23.8 Å². The van der Waals surface area contributed by atoms with E-state index >= 15 is 0 Å². The second kappa shape index (κ2) is 5.98. The first kappa shape index (κ1) is 17.4. The molecule has 118 valence electrons. The quantitative estimate of drug-likeness (QED) is 0.636. The Morgan fingerprint density at radius 3 is 2.38 bits per heavy atom. The topological polar surface area (TPSA) is 113 Å². The Balaban J connectivity index is 3.01. The molecule has 21 heavy (non-hydrogen) atoms. The van der Waals surface area contributed by atoms with Crippen molar-refractivity contribution in [1.82, 2.24) is 0 Å². The average molecular weight is 316 g/mol. The summed E-state index contributed by atoms with van der Waals surface area (Å²) >= 11 is 0. The van der Waals surface area contributed by atoms with Crippen LogP contribution < -0.4 is 9.88 Å². The normalized spacial score (nSPS) is 12.2. The highest BCUT2D eigenvalue weighted by molar-refractivity contribution is 7.89. The second-order valence-corrected chi connectivity index (χ2v) is 7.56. The van der Waals surface area contributed by atoms with Crippen molar-refractivity contribution in [2.45, 2.75) is 27.7 Å². The van der Waals surface area contributed by atoms with Gasteiger partial charge in [0.1, 0.15) is 0 Å². The Kier molecular flexibility index (Phi) is 4.95. The Morgan fingerprint density at radius 2 is 1.90 bits per heavy atom. The molecule has 1 aromatic carbocycles. The lowest BCUT2D eigenvalue weighted by Crippen LogP contribution is -2.33. The Bertz CT molecular complexity index is 653. The molecule has 0 spiro atoms. The Labute approximate surface area is 124 Å². The van der Waals surface area contributed by atoms with Crippen LogP contribution in [0.2, 0.25) is 0 Å². The lowest BCUT2D eigenvalue weighted by Gasteiger charge is -2.23. The molecular formula is C13H20N2O5S. The van der Waals surface area contributed by atoms with Gasteiger partial charge in [-0.05, 0) is 25.0 Å². The van der Waals surface area contributed by atoms with Gasteiger partial charge in [0.25, 0.3) is 0 Å². The van der Waals surface area contributed by atoms with Gasteiger partial charge in [-0.1, -0.05) is 19.9 Å². The van der Waals surface area contributed by atoms with Crippen LogP contribution in [0.1, 0.15) is 25.0 Å². The van der Waals surface area contributed by atoms with E-state index in [0.717, 1.165) is 5.56 Å². The molecule has 0 atom stereocenters. The predicted molar refractivity (Wildman–Crippen MR) is 79.8 cm³/mol. The number of nitro benzene ring substituents is 1. The SMILES string of the molecule is Cc1cc(C)c(OCC(C)(C)CS(N)(=O)=O)c([N+](=O)[O-])c1. The van der Waals surface area contributed by atoms with Gasteiger partial charge in [0.05, 0.1) is 17.3 Å². The van der Waals surface area contributed by atoms with Crippen LogP contribution in [0.5, 0.6) is 5.75 Å². The van der Waals surface area contributed by atoms with E-state index in [0.29, 0.717) is 5.56 Å². The van der Waals surface area contributed by atoms with Crippen molar-refractivity contribution in [3.8, 4) is 5.75 Å².